The number of benzene rings is 1. The fourth-order valence-electron chi connectivity index (χ4n) is 3.96. The molecule has 1 fully saturated rings. The zero-order valence-corrected chi connectivity index (χ0v) is 16.4. The Morgan fingerprint density at radius 1 is 1.14 bits per heavy atom. The average Bonchev–Trinajstić information content (AvgIpc) is 3.02. The van der Waals surface area contributed by atoms with E-state index >= 15 is 0 Å². The van der Waals surface area contributed by atoms with Crippen LogP contribution in [0.1, 0.15) is 49.8 Å². The van der Waals surface area contributed by atoms with Crippen molar-refractivity contribution in [2.45, 2.75) is 51.1 Å². The van der Waals surface area contributed by atoms with Crippen molar-refractivity contribution >= 4 is 22.3 Å². The second kappa shape index (κ2) is 8.78. The molecule has 0 bridgehead atoms. The first kappa shape index (κ1) is 19.0. The third-order valence-corrected chi connectivity index (χ3v) is 5.57. The second-order valence-electron chi connectivity index (χ2n) is 7.59. The van der Waals surface area contributed by atoms with Gasteiger partial charge in [-0.3, -0.25) is 4.98 Å². The van der Waals surface area contributed by atoms with Crippen LogP contribution in [0, 0.1) is 16.5 Å². The molecule has 1 aliphatic carbocycles. The van der Waals surface area contributed by atoms with Gasteiger partial charge in [0, 0.05) is 35.4 Å². The van der Waals surface area contributed by atoms with E-state index in [1.54, 1.807) is 18.3 Å². The molecule has 0 unspecified atom stereocenters. The molecule has 148 valence electrons. The van der Waals surface area contributed by atoms with Crippen LogP contribution in [0.3, 0.4) is 0 Å². The number of hydrogen-bond donors (Lipinski definition) is 2. The molecule has 1 saturated carbocycles. The van der Waals surface area contributed by atoms with E-state index in [1.165, 1.54) is 31.9 Å². The van der Waals surface area contributed by atoms with Crippen LogP contribution < -0.4 is 15.4 Å². The minimum atomic E-state index is 0.385. The summed E-state index contributed by atoms with van der Waals surface area (Å²) >= 11 is 0. The highest BCUT2D eigenvalue weighted by Crippen LogP contribution is 2.31. The molecule has 6 nitrogen and oxygen atoms in total. The van der Waals surface area contributed by atoms with Gasteiger partial charge in [0.25, 0.3) is 0 Å². The minimum Gasteiger partial charge on any atom is -0.618 e. The Bertz CT molecular complexity index is 1040. The fraction of sp³-hybridized carbons (Fsp3) is 0.348. The molecule has 3 aromatic rings. The highest BCUT2D eigenvalue weighted by Gasteiger charge is 2.16. The van der Waals surface area contributed by atoms with Crippen molar-refractivity contribution in [2.75, 3.05) is 10.6 Å². The Morgan fingerprint density at radius 3 is 2.72 bits per heavy atom. The largest absolute Gasteiger partial charge is 0.618 e. The first-order valence-electron chi connectivity index (χ1n) is 10.2. The Balaban J connectivity index is 1.63. The predicted octanol–water partition coefficient (Wildman–Crippen LogP) is 4.49. The van der Waals surface area contributed by atoms with Crippen molar-refractivity contribution in [1.82, 2.24) is 4.98 Å². The van der Waals surface area contributed by atoms with Gasteiger partial charge in [-0.2, -0.15) is 9.99 Å². The Hall–Kier alpha value is -3.33. The average molecular weight is 387 g/mol. The van der Waals surface area contributed by atoms with Crippen LogP contribution in [0.4, 0.5) is 11.4 Å². The molecule has 2 heterocycles. The van der Waals surface area contributed by atoms with E-state index in [1.807, 2.05) is 24.3 Å². The van der Waals surface area contributed by atoms with E-state index < -0.39 is 0 Å². The smallest absolute Gasteiger partial charge is 0.211 e. The quantitative estimate of drug-likeness (QED) is 0.383. The van der Waals surface area contributed by atoms with E-state index in [-0.39, 0.29) is 0 Å². The molecule has 6 heteroatoms. The first-order valence-corrected chi connectivity index (χ1v) is 10.2. The lowest BCUT2D eigenvalue weighted by atomic mass is 10.0. The number of fused-ring (bicyclic) bond motifs is 1. The Labute approximate surface area is 170 Å². The highest BCUT2D eigenvalue weighted by molar-refractivity contribution is 5.96. The van der Waals surface area contributed by atoms with Crippen LogP contribution in [0.5, 0.6) is 0 Å². The van der Waals surface area contributed by atoms with Gasteiger partial charge in [-0.25, -0.2) is 0 Å². The molecule has 0 atom stereocenters. The number of pyridine rings is 2. The summed E-state index contributed by atoms with van der Waals surface area (Å²) in [4.78, 5) is 4.45. The minimum absolute atomic E-state index is 0.385. The maximum absolute atomic E-state index is 11.9. The molecule has 29 heavy (non-hydrogen) atoms. The van der Waals surface area contributed by atoms with Crippen LogP contribution in [0.2, 0.25) is 0 Å². The number of nitrogens with zero attached hydrogens (tertiary/aromatic N) is 3. The summed E-state index contributed by atoms with van der Waals surface area (Å²) < 4.78 is 0.864. The number of anilines is 2. The van der Waals surface area contributed by atoms with Gasteiger partial charge >= 0.3 is 0 Å². The molecule has 0 saturated heterocycles. The van der Waals surface area contributed by atoms with Crippen LogP contribution >= 0.6 is 0 Å². The summed E-state index contributed by atoms with van der Waals surface area (Å²) in [6.45, 7) is 0.423. The van der Waals surface area contributed by atoms with Gasteiger partial charge in [0.2, 0.25) is 5.69 Å². The summed E-state index contributed by atoms with van der Waals surface area (Å²) in [7, 11) is 0. The van der Waals surface area contributed by atoms with E-state index in [0.717, 1.165) is 39.8 Å². The van der Waals surface area contributed by atoms with Crippen molar-refractivity contribution in [2.24, 2.45) is 0 Å². The maximum Gasteiger partial charge on any atom is 0.211 e. The molecule has 4 rings (SSSR count). The summed E-state index contributed by atoms with van der Waals surface area (Å²) in [5, 5.41) is 29.4. The Morgan fingerprint density at radius 2 is 1.97 bits per heavy atom. The van der Waals surface area contributed by atoms with E-state index in [2.05, 4.69) is 21.7 Å². The van der Waals surface area contributed by atoms with Gasteiger partial charge < -0.3 is 15.8 Å². The van der Waals surface area contributed by atoms with Crippen LogP contribution in [0.25, 0.3) is 10.9 Å². The number of nitrogens with one attached hydrogen (secondary N) is 2. The third-order valence-electron chi connectivity index (χ3n) is 5.57. The lowest BCUT2D eigenvalue weighted by Crippen LogP contribution is -2.32. The van der Waals surface area contributed by atoms with Crippen LogP contribution in [0.15, 0.2) is 48.8 Å². The van der Waals surface area contributed by atoms with E-state index in [9.17, 15) is 10.5 Å². The number of aromatic nitrogens is 2. The molecular formula is C23H25N5O. The van der Waals surface area contributed by atoms with Crippen molar-refractivity contribution in [3.8, 4) is 6.07 Å². The number of rotatable bonds is 5. The monoisotopic (exact) mass is 387 g/mol. The summed E-state index contributed by atoms with van der Waals surface area (Å²) in [6.07, 6.45) is 10.4. The van der Waals surface area contributed by atoms with Crippen molar-refractivity contribution in [3.05, 3.63) is 65.3 Å². The summed E-state index contributed by atoms with van der Waals surface area (Å²) in [5.74, 6) is 0. The van der Waals surface area contributed by atoms with Gasteiger partial charge in [0.15, 0.2) is 6.20 Å². The maximum atomic E-state index is 11.9. The standard InChI is InChI=1S/C23H25N5O/c24-14-17-15-26-22-11-10-19(25-16-20-9-5-6-12-28(20)29)13-21(22)23(17)27-18-7-3-1-2-4-8-18/h5-6,9-13,15,18,25H,1-4,7-8,16H2,(H,26,27). The second-order valence-corrected chi connectivity index (χ2v) is 7.59. The fourth-order valence-corrected chi connectivity index (χ4v) is 3.96. The molecule has 0 amide bonds. The zero-order chi connectivity index (χ0) is 20.1. The lowest BCUT2D eigenvalue weighted by molar-refractivity contribution is -0.613. The summed E-state index contributed by atoms with van der Waals surface area (Å²) in [6, 6.07) is 14.0. The van der Waals surface area contributed by atoms with Crippen LogP contribution in [-0.2, 0) is 6.54 Å². The van der Waals surface area contributed by atoms with Gasteiger partial charge in [-0.1, -0.05) is 25.7 Å². The molecule has 2 aromatic heterocycles. The number of hydrogen-bond acceptors (Lipinski definition) is 5. The normalized spacial score (nSPS) is 14.9. The van der Waals surface area contributed by atoms with Gasteiger partial charge in [-0.05, 0) is 37.1 Å². The van der Waals surface area contributed by atoms with Gasteiger partial charge in [0.05, 0.1) is 16.8 Å². The Kier molecular flexibility index (Phi) is 5.76. The molecule has 1 aromatic carbocycles. The summed E-state index contributed by atoms with van der Waals surface area (Å²) in [5.41, 5.74) is 3.82. The molecule has 0 aliphatic heterocycles. The molecule has 0 radical (unpaired) electrons. The topological polar surface area (TPSA) is 87.7 Å². The first-order chi connectivity index (χ1) is 14.2. The van der Waals surface area contributed by atoms with Crippen molar-refractivity contribution in [1.29, 1.82) is 5.26 Å². The molecule has 0 spiro atoms. The highest BCUT2D eigenvalue weighted by atomic mass is 16.5. The van der Waals surface area contributed by atoms with Gasteiger partial charge in [-0.15, -0.1) is 0 Å². The zero-order valence-electron chi connectivity index (χ0n) is 16.4. The van der Waals surface area contributed by atoms with Gasteiger partial charge in [0.1, 0.15) is 12.6 Å². The number of nitriles is 1. The molecular weight excluding hydrogens is 362 g/mol. The van der Waals surface area contributed by atoms with Crippen LogP contribution in [-0.4, -0.2) is 11.0 Å². The third kappa shape index (κ3) is 4.40. The molecule has 2 N–H and O–H groups in total. The van der Waals surface area contributed by atoms with E-state index in [0.29, 0.717) is 23.8 Å². The van der Waals surface area contributed by atoms with Crippen molar-refractivity contribution < 1.29 is 4.73 Å². The predicted molar refractivity (Wildman–Crippen MR) is 114 cm³/mol. The SMILES string of the molecule is N#Cc1cnc2ccc(NCc3cccc[n+]3[O-])cc2c1NC1CCCCCC1. The lowest BCUT2D eigenvalue weighted by Gasteiger charge is -2.20. The van der Waals surface area contributed by atoms with Crippen molar-refractivity contribution in [3.63, 3.8) is 0 Å². The van der Waals surface area contributed by atoms with E-state index in [4.69, 9.17) is 0 Å². The molecule has 1 aliphatic rings.